The Hall–Kier alpha value is -3.30. The van der Waals surface area contributed by atoms with E-state index in [1.807, 2.05) is 6.07 Å². The molecule has 184 valence electrons. The number of hydrogen-bond acceptors (Lipinski definition) is 11. The number of pyridine rings is 1. The lowest BCUT2D eigenvalue weighted by atomic mass is 9.96. The molecule has 12 heteroatoms. The van der Waals surface area contributed by atoms with Crippen molar-refractivity contribution in [2.45, 2.75) is 72.2 Å². The van der Waals surface area contributed by atoms with Gasteiger partial charge in [0.1, 0.15) is 23.4 Å². The zero-order valence-corrected chi connectivity index (χ0v) is 20.5. The summed E-state index contributed by atoms with van der Waals surface area (Å²) < 4.78 is 29.0. The number of ether oxygens (including phenoxy) is 5. The van der Waals surface area contributed by atoms with Gasteiger partial charge in [0, 0.05) is 33.4 Å². The average molecular weight is 495 g/mol. The van der Waals surface area contributed by atoms with Crippen molar-refractivity contribution in [2.24, 2.45) is 0 Å². The van der Waals surface area contributed by atoms with Crippen LogP contribution >= 0.6 is 12.2 Å². The van der Waals surface area contributed by atoms with Crippen LogP contribution < -0.4 is 0 Å². The van der Waals surface area contributed by atoms with Gasteiger partial charge in [-0.15, -0.1) is 0 Å². The fourth-order valence-corrected chi connectivity index (χ4v) is 4.22. The molecule has 5 atom stereocenters. The van der Waals surface area contributed by atoms with Gasteiger partial charge in [0.2, 0.25) is 0 Å². The number of carbonyl (C=O) groups is 4. The molecule has 0 bridgehead atoms. The number of carbonyl (C=O) groups excluding carboxylic acids is 4. The van der Waals surface area contributed by atoms with Gasteiger partial charge in [-0.2, -0.15) is 5.26 Å². The van der Waals surface area contributed by atoms with Crippen LogP contribution in [0.3, 0.4) is 0 Å². The fraction of sp³-hybridized carbons (Fsp3) is 0.545. The molecule has 0 spiro atoms. The highest BCUT2D eigenvalue weighted by Crippen LogP contribution is 2.36. The first kappa shape index (κ1) is 26.9. The Kier molecular flexibility index (Phi) is 8.89. The van der Waals surface area contributed by atoms with Crippen LogP contribution in [0, 0.1) is 29.8 Å². The topological polar surface area (TPSA) is 143 Å². The van der Waals surface area contributed by atoms with E-state index in [-0.39, 0.29) is 16.8 Å². The molecule has 0 radical (unpaired) electrons. The summed E-state index contributed by atoms with van der Waals surface area (Å²) in [5.41, 5.74) is 1.39. The monoisotopic (exact) mass is 494 g/mol. The van der Waals surface area contributed by atoms with Crippen molar-refractivity contribution in [1.29, 1.82) is 5.26 Å². The lowest BCUT2D eigenvalue weighted by molar-refractivity contribution is -0.269. The van der Waals surface area contributed by atoms with Crippen LogP contribution in [-0.4, -0.2) is 59.5 Å². The Morgan fingerprint density at radius 2 is 1.50 bits per heavy atom. The second-order valence-corrected chi connectivity index (χ2v) is 8.11. The third kappa shape index (κ3) is 6.18. The van der Waals surface area contributed by atoms with Gasteiger partial charge >= 0.3 is 23.9 Å². The van der Waals surface area contributed by atoms with Gasteiger partial charge in [0.25, 0.3) is 0 Å². The predicted molar refractivity (Wildman–Crippen MR) is 117 cm³/mol. The van der Waals surface area contributed by atoms with E-state index in [1.165, 1.54) is 11.5 Å². The van der Waals surface area contributed by atoms with Crippen LogP contribution in [0.5, 0.6) is 0 Å². The average Bonchev–Trinajstić information content (AvgIpc) is 2.69. The van der Waals surface area contributed by atoms with Crippen LogP contribution in [0.25, 0.3) is 0 Å². The minimum absolute atomic E-state index is 0.0981. The summed E-state index contributed by atoms with van der Waals surface area (Å²) in [5.74, 6) is -2.82. The lowest BCUT2D eigenvalue weighted by Crippen LogP contribution is -2.60. The Labute approximate surface area is 201 Å². The van der Waals surface area contributed by atoms with Crippen LogP contribution in [0.1, 0.15) is 50.7 Å². The van der Waals surface area contributed by atoms with Crippen LogP contribution in [0.15, 0.2) is 6.07 Å². The molecule has 0 aromatic carbocycles. The zero-order chi connectivity index (χ0) is 25.7. The van der Waals surface area contributed by atoms with Crippen LogP contribution in [0.4, 0.5) is 0 Å². The Morgan fingerprint density at radius 1 is 0.971 bits per heavy atom. The van der Waals surface area contributed by atoms with Crippen molar-refractivity contribution in [3.8, 4) is 6.07 Å². The first-order valence-electron chi connectivity index (χ1n) is 10.3. The van der Waals surface area contributed by atoms with E-state index in [2.05, 4.69) is 0 Å². The Bertz CT molecular complexity index is 1090. The molecule has 1 aromatic heterocycles. The summed E-state index contributed by atoms with van der Waals surface area (Å²) in [7, 11) is 0. The number of hydrogen-bond donors (Lipinski definition) is 0. The highest BCUT2D eigenvalue weighted by molar-refractivity contribution is 7.71. The van der Waals surface area contributed by atoms with E-state index in [1.54, 1.807) is 19.9 Å². The predicted octanol–water partition coefficient (Wildman–Crippen LogP) is 1.96. The first-order chi connectivity index (χ1) is 15.9. The summed E-state index contributed by atoms with van der Waals surface area (Å²) in [5, 5.41) is 9.59. The van der Waals surface area contributed by atoms with E-state index >= 15 is 0 Å². The zero-order valence-electron chi connectivity index (χ0n) is 19.6. The minimum atomic E-state index is -1.34. The Morgan fingerprint density at radius 3 is 2.00 bits per heavy atom. The van der Waals surface area contributed by atoms with E-state index in [0.717, 1.165) is 20.8 Å². The molecule has 2 heterocycles. The third-order valence-electron chi connectivity index (χ3n) is 4.96. The van der Waals surface area contributed by atoms with Crippen molar-refractivity contribution < 1.29 is 42.9 Å². The molecule has 2 rings (SSSR count). The smallest absolute Gasteiger partial charge is 0.303 e. The molecule has 1 aliphatic rings. The minimum Gasteiger partial charge on any atom is -0.463 e. The standard InChI is InChI=1S/C22H26N2O9S/c1-10-7-11(2)24(22(34)16(10)8-23)21-20(32-15(6)28)19(31-14(5)27)18(30-13(4)26)17(33-21)9-29-12(3)25/h7,17-21H,9H2,1-6H3/t17-,18+,19+,20+,21+/m0/s1. The number of esters is 4. The van der Waals surface area contributed by atoms with Gasteiger partial charge in [0.05, 0.1) is 5.56 Å². The number of aromatic nitrogens is 1. The maximum atomic E-state index is 12.0. The van der Waals surface area contributed by atoms with Gasteiger partial charge in [-0.1, -0.05) is 12.2 Å². The van der Waals surface area contributed by atoms with Gasteiger partial charge in [-0.3, -0.25) is 19.2 Å². The normalized spacial score (nSPS) is 23.9. The Balaban J connectivity index is 2.75. The second kappa shape index (κ2) is 11.2. The molecular weight excluding hydrogens is 468 g/mol. The number of aryl methyl sites for hydroxylation is 2. The maximum Gasteiger partial charge on any atom is 0.303 e. The second-order valence-electron chi connectivity index (χ2n) is 7.72. The molecule has 0 saturated carbocycles. The molecule has 1 aliphatic heterocycles. The van der Waals surface area contributed by atoms with Gasteiger partial charge in [-0.05, 0) is 25.5 Å². The molecule has 1 saturated heterocycles. The SMILES string of the molecule is CC(=O)OC[C@@H]1O[C@@H](n2c(C)cc(C)c(C#N)c2=S)[C@H](OC(C)=O)[C@H](OC(C)=O)[C@@H]1OC(C)=O. The molecule has 34 heavy (non-hydrogen) atoms. The van der Waals surface area contributed by atoms with Crippen molar-refractivity contribution >= 4 is 36.1 Å². The van der Waals surface area contributed by atoms with Crippen LogP contribution in [0.2, 0.25) is 0 Å². The number of rotatable bonds is 6. The molecule has 1 aromatic rings. The molecule has 0 N–H and O–H groups in total. The molecular formula is C22H26N2O9S. The van der Waals surface area contributed by atoms with E-state index in [4.69, 9.17) is 35.9 Å². The maximum absolute atomic E-state index is 12.0. The fourth-order valence-electron chi connectivity index (χ4n) is 3.77. The van der Waals surface area contributed by atoms with Gasteiger partial charge < -0.3 is 28.3 Å². The summed E-state index contributed by atoms with van der Waals surface area (Å²) in [6.07, 6.45) is -6.27. The third-order valence-corrected chi connectivity index (χ3v) is 5.37. The highest BCUT2D eigenvalue weighted by Gasteiger charge is 2.53. The first-order valence-corrected chi connectivity index (χ1v) is 10.7. The molecule has 0 amide bonds. The largest absolute Gasteiger partial charge is 0.463 e. The van der Waals surface area contributed by atoms with Crippen LogP contribution in [-0.2, 0) is 42.9 Å². The number of nitriles is 1. The molecule has 0 aliphatic carbocycles. The molecule has 11 nitrogen and oxygen atoms in total. The van der Waals surface area contributed by atoms with Crippen molar-refractivity contribution in [3.05, 3.63) is 27.5 Å². The van der Waals surface area contributed by atoms with E-state index in [0.29, 0.717) is 11.3 Å². The van der Waals surface area contributed by atoms with Crippen molar-refractivity contribution in [3.63, 3.8) is 0 Å². The quantitative estimate of drug-likeness (QED) is 0.325. The molecule has 1 fully saturated rings. The molecule has 0 unspecified atom stereocenters. The van der Waals surface area contributed by atoms with E-state index in [9.17, 15) is 24.4 Å². The van der Waals surface area contributed by atoms with Gasteiger partial charge in [0.15, 0.2) is 24.5 Å². The van der Waals surface area contributed by atoms with Crippen molar-refractivity contribution in [1.82, 2.24) is 4.57 Å². The highest BCUT2D eigenvalue weighted by atomic mass is 32.1. The summed E-state index contributed by atoms with van der Waals surface area (Å²) in [4.78, 5) is 47.3. The lowest BCUT2D eigenvalue weighted by Gasteiger charge is -2.45. The van der Waals surface area contributed by atoms with Gasteiger partial charge in [-0.25, -0.2) is 0 Å². The summed E-state index contributed by atoms with van der Waals surface area (Å²) >= 11 is 5.53. The van der Waals surface area contributed by atoms with E-state index < -0.39 is 54.5 Å². The summed E-state index contributed by atoms with van der Waals surface area (Å²) in [6, 6.07) is 3.74. The summed E-state index contributed by atoms with van der Waals surface area (Å²) in [6.45, 7) is 7.67. The van der Waals surface area contributed by atoms with Crippen molar-refractivity contribution in [2.75, 3.05) is 6.61 Å². The number of nitrogens with zero attached hydrogens (tertiary/aromatic N) is 2.